The molecular formula is C18H12FN3O. The van der Waals surface area contributed by atoms with Crippen molar-refractivity contribution in [3.8, 4) is 11.8 Å². The van der Waals surface area contributed by atoms with Crippen molar-refractivity contribution in [2.45, 2.75) is 0 Å². The highest BCUT2D eigenvalue weighted by atomic mass is 19.1. The van der Waals surface area contributed by atoms with Gasteiger partial charge in [-0.2, -0.15) is 0 Å². The van der Waals surface area contributed by atoms with Crippen LogP contribution in [0, 0.1) is 17.7 Å². The van der Waals surface area contributed by atoms with Gasteiger partial charge in [-0.1, -0.05) is 17.9 Å². The molecule has 2 aromatic carbocycles. The van der Waals surface area contributed by atoms with Crippen molar-refractivity contribution < 1.29 is 9.18 Å². The van der Waals surface area contributed by atoms with E-state index in [2.05, 4.69) is 22.3 Å². The molecule has 0 aliphatic heterocycles. The highest BCUT2D eigenvalue weighted by molar-refractivity contribution is 5.94. The highest BCUT2D eigenvalue weighted by Crippen LogP contribution is 2.14. The van der Waals surface area contributed by atoms with Crippen LogP contribution in [0.1, 0.15) is 21.5 Å². The molecule has 0 saturated carbocycles. The van der Waals surface area contributed by atoms with Crippen LogP contribution in [0.5, 0.6) is 0 Å². The molecule has 0 radical (unpaired) electrons. The number of nitrogens with zero attached hydrogens (tertiary/aromatic N) is 1. The number of aromatic nitrogens is 1. The summed E-state index contributed by atoms with van der Waals surface area (Å²) in [6.45, 7) is 0. The molecule has 1 amide bonds. The van der Waals surface area contributed by atoms with E-state index in [9.17, 15) is 9.18 Å². The van der Waals surface area contributed by atoms with Gasteiger partial charge in [-0.25, -0.2) is 10.2 Å². The predicted octanol–water partition coefficient (Wildman–Crippen LogP) is 2.38. The summed E-state index contributed by atoms with van der Waals surface area (Å²) in [4.78, 5) is 15.7. The van der Waals surface area contributed by atoms with E-state index >= 15 is 0 Å². The summed E-state index contributed by atoms with van der Waals surface area (Å²) in [5.74, 6) is 10.3. The summed E-state index contributed by atoms with van der Waals surface area (Å²) in [6, 6.07) is 13.0. The number of nitrogens with two attached hydrogens (primary N) is 1. The summed E-state index contributed by atoms with van der Waals surface area (Å²) in [6.07, 6.45) is 1.63. The molecule has 3 N–H and O–H groups in total. The second-order valence-corrected chi connectivity index (χ2v) is 4.87. The van der Waals surface area contributed by atoms with Crippen molar-refractivity contribution >= 4 is 16.8 Å². The van der Waals surface area contributed by atoms with Gasteiger partial charge in [0.2, 0.25) is 0 Å². The van der Waals surface area contributed by atoms with E-state index in [-0.39, 0.29) is 11.7 Å². The molecule has 3 aromatic rings. The first-order valence-corrected chi connectivity index (χ1v) is 6.84. The number of hydrogen-bond donors (Lipinski definition) is 2. The lowest BCUT2D eigenvalue weighted by molar-refractivity contribution is 0.0953. The number of rotatable bonds is 1. The fraction of sp³-hybridized carbons (Fsp3) is 0. The first kappa shape index (κ1) is 14.7. The number of hydrogen-bond acceptors (Lipinski definition) is 3. The average Bonchev–Trinajstić information content (AvgIpc) is 2.59. The van der Waals surface area contributed by atoms with E-state index in [0.29, 0.717) is 27.6 Å². The lowest BCUT2D eigenvalue weighted by Gasteiger charge is -1.99. The van der Waals surface area contributed by atoms with E-state index in [1.54, 1.807) is 42.6 Å². The normalized spacial score (nSPS) is 10.0. The molecule has 4 nitrogen and oxygen atoms in total. The predicted molar refractivity (Wildman–Crippen MR) is 85.8 cm³/mol. The second-order valence-electron chi connectivity index (χ2n) is 4.87. The number of carbonyl (C=O) groups is 1. The van der Waals surface area contributed by atoms with Gasteiger partial charge < -0.3 is 0 Å². The minimum absolute atomic E-state index is 0.315. The molecule has 0 spiro atoms. The number of pyridine rings is 1. The fourth-order valence-electron chi connectivity index (χ4n) is 2.14. The van der Waals surface area contributed by atoms with Crippen LogP contribution in [0.2, 0.25) is 0 Å². The van der Waals surface area contributed by atoms with Crippen LogP contribution in [0.4, 0.5) is 4.39 Å². The van der Waals surface area contributed by atoms with Gasteiger partial charge in [-0.05, 0) is 42.5 Å². The van der Waals surface area contributed by atoms with Gasteiger partial charge in [0.05, 0.1) is 5.52 Å². The van der Waals surface area contributed by atoms with Gasteiger partial charge >= 0.3 is 0 Å². The fourth-order valence-corrected chi connectivity index (χ4v) is 2.14. The molecular weight excluding hydrogens is 293 g/mol. The van der Waals surface area contributed by atoms with E-state index < -0.39 is 0 Å². The van der Waals surface area contributed by atoms with Crippen molar-refractivity contribution in [3.05, 3.63) is 77.2 Å². The van der Waals surface area contributed by atoms with Gasteiger partial charge in [0.15, 0.2) is 0 Å². The maximum absolute atomic E-state index is 13.3. The Balaban J connectivity index is 1.93. The van der Waals surface area contributed by atoms with Crippen molar-refractivity contribution in [2.75, 3.05) is 0 Å². The standard InChI is InChI=1S/C18H12FN3O/c19-16-6-7-17-15(10-16)9-13(11-21-17)5-4-12-2-1-3-14(8-12)18(23)22-20/h1-3,6-11H,20H2,(H,22,23). The molecule has 1 aromatic heterocycles. The Morgan fingerprint density at radius 3 is 2.74 bits per heavy atom. The molecule has 112 valence electrons. The Morgan fingerprint density at radius 2 is 1.91 bits per heavy atom. The summed E-state index contributed by atoms with van der Waals surface area (Å²) in [5, 5.41) is 0.688. The summed E-state index contributed by atoms with van der Waals surface area (Å²) >= 11 is 0. The van der Waals surface area contributed by atoms with Crippen LogP contribution in [-0.4, -0.2) is 10.9 Å². The topological polar surface area (TPSA) is 68.0 Å². The third-order valence-corrected chi connectivity index (χ3v) is 3.25. The zero-order valence-corrected chi connectivity index (χ0v) is 12.0. The molecule has 0 atom stereocenters. The summed E-state index contributed by atoms with van der Waals surface area (Å²) in [7, 11) is 0. The van der Waals surface area contributed by atoms with Crippen molar-refractivity contribution in [1.82, 2.24) is 10.4 Å². The minimum atomic E-state index is -0.378. The first-order chi connectivity index (χ1) is 11.2. The average molecular weight is 305 g/mol. The van der Waals surface area contributed by atoms with Crippen molar-refractivity contribution in [3.63, 3.8) is 0 Å². The number of fused-ring (bicyclic) bond motifs is 1. The lowest BCUT2D eigenvalue weighted by Crippen LogP contribution is -2.29. The Kier molecular flexibility index (Phi) is 4.00. The van der Waals surface area contributed by atoms with Gasteiger partial charge in [-0.15, -0.1) is 0 Å². The number of nitrogen functional groups attached to an aromatic ring is 1. The van der Waals surface area contributed by atoms with Crippen LogP contribution >= 0.6 is 0 Å². The summed E-state index contributed by atoms with van der Waals surface area (Å²) < 4.78 is 13.3. The van der Waals surface area contributed by atoms with Crippen LogP contribution in [0.15, 0.2) is 54.7 Å². The lowest BCUT2D eigenvalue weighted by atomic mass is 10.1. The molecule has 1 heterocycles. The number of amides is 1. The molecule has 0 bridgehead atoms. The number of nitrogens with one attached hydrogen (secondary N) is 1. The Morgan fingerprint density at radius 1 is 1.09 bits per heavy atom. The zero-order valence-electron chi connectivity index (χ0n) is 12.0. The molecule has 0 saturated heterocycles. The summed E-state index contributed by atoms with van der Waals surface area (Å²) in [5.41, 5.74) is 4.55. The third kappa shape index (κ3) is 3.34. The van der Waals surface area contributed by atoms with Gasteiger partial charge in [0.1, 0.15) is 5.82 Å². The molecule has 0 aliphatic rings. The Labute approximate surface area is 132 Å². The quantitative estimate of drug-likeness (QED) is 0.314. The SMILES string of the molecule is NNC(=O)c1cccc(C#Cc2cnc3ccc(F)cc3c2)c1. The number of hydrazine groups is 1. The van der Waals surface area contributed by atoms with Crippen LogP contribution in [0.25, 0.3) is 10.9 Å². The van der Waals surface area contributed by atoms with Crippen molar-refractivity contribution in [1.29, 1.82) is 0 Å². The van der Waals surface area contributed by atoms with E-state index in [4.69, 9.17) is 5.84 Å². The maximum Gasteiger partial charge on any atom is 0.265 e. The smallest absolute Gasteiger partial charge is 0.265 e. The minimum Gasteiger partial charge on any atom is -0.290 e. The number of carbonyl (C=O) groups excluding carboxylic acids is 1. The molecule has 3 rings (SSSR count). The molecule has 0 unspecified atom stereocenters. The van der Waals surface area contributed by atoms with E-state index in [0.717, 1.165) is 0 Å². The number of halogens is 1. The number of benzene rings is 2. The van der Waals surface area contributed by atoms with Gasteiger partial charge in [0, 0.05) is 28.3 Å². The molecule has 5 heteroatoms. The van der Waals surface area contributed by atoms with E-state index in [1.165, 1.54) is 12.1 Å². The van der Waals surface area contributed by atoms with Crippen LogP contribution in [0.3, 0.4) is 0 Å². The highest BCUT2D eigenvalue weighted by Gasteiger charge is 2.02. The third-order valence-electron chi connectivity index (χ3n) is 3.25. The van der Waals surface area contributed by atoms with Crippen molar-refractivity contribution in [2.24, 2.45) is 5.84 Å². The molecule has 23 heavy (non-hydrogen) atoms. The second kappa shape index (κ2) is 6.26. The van der Waals surface area contributed by atoms with Crippen LogP contribution in [-0.2, 0) is 0 Å². The van der Waals surface area contributed by atoms with Gasteiger partial charge in [-0.3, -0.25) is 15.2 Å². The Hall–Kier alpha value is -3.23. The maximum atomic E-state index is 13.3. The molecule has 0 aliphatic carbocycles. The Bertz CT molecular complexity index is 957. The van der Waals surface area contributed by atoms with E-state index in [1.807, 2.05) is 0 Å². The first-order valence-electron chi connectivity index (χ1n) is 6.84. The molecule has 0 fully saturated rings. The van der Waals surface area contributed by atoms with Gasteiger partial charge in [0.25, 0.3) is 5.91 Å². The zero-order chi connectivity index (χ0) is 16.2. The largest absolute Gasteiger partial charge is 0.290 e. The monoisotopic (exact) mass is 305 g/mol. The van der Waals surface area contributed by atoms with Crippen LogP contribution < -0.4 is 11.3 Å².